The number of aromatic nitrogens is 1. The van der Waals surface area contributed by atoms with Gasteiger partial charge in [0.25, 0.3) is 0 Å². The van der Waals surface area contributed by atoms with Crippen LogP contribution in [0.4, 0.5) is 0 Å². The summed E-state index contributed by atoms with van der Waals surface area (Å²) in [4.78, 5) is 16.8. The molecule has 188 valence electrons. The van der Waals surface area contributed by atoms with Gasteiger partial charge in [0.1, 0.15) is 5.60 Å². The fourth-order valence-electron chi connectivity index (χ4n) is 8.05. The number of hydrogen-bond donors (Lipinski definition) is 3. The molecule has 7 rings (SSSR count). The summed E-state index contributed by atoms with van der Waals surface area (Å²) in [6.45, 7) is 6.66. The summed E-state index contributed by atoms with van der Waals surface area (Å²) in [5.41, 5.74) is 4.95. The van der Waals surface area contributed by atoms with Gasteiger partial charge in [-0.2, -0.15) is 0 Å². The number of carbonyl (C=O) groups excluding carboxylic acids is 1. The predicted octanol–water partition coefficient (Wildman–Crippen LogP) is 4.39. The standard InChI is InChI=1S/C26H29NO3.C3H8O2/c1-24(2)23-20(28)13-18-17-9-8-14-12-16-15-6-4-5-7-19(15)27-22(16)21(14)25(17,3)10-11-26(18,29-23)30-24;4-2-1-3-5/h4-7,13-14,17,21,23,27H,8-12H2,1-3H3;4-5H,1-3H2. The molecule has 1 saturated heterocycles. The van der Waals surface area contributed by atoms with E-state index >= 15 is 0 Å². The Labute approximate surface area is 206 Å². The molecule has 3 aliphatic carbocycles. The zero-order valence-corrected chi connectivity index (χ0v) is 21.0. The summed E-state index contributed by atoms with van der Waals surface area (Å²) in [7, 11) is 0. The molecule has 2 bridgehead atoms. The molecule has 3 fully saturated rings. The van der Waals surface area contributed by atoms with Crippen molar-refractivity contribution in [1.29, 1.82) is 0 Å². The van der Waals surface area contributed by atoms with Crippen LogP contribution in [0.2, 0.25) is 0 Å². The lowest BCUT2D eigenvalue weighted by molar-refractivity contribution is -0.199. The van der Waals surface area contributed by atoms with Gasteiger partial charge in [0.2, 0.25) is 0 Å². The Morgan fingerprint density at radius 3 is 2.60 bits per heavy atom. The number of aromatic amines is 1. The van der Waals surface area contributed by atoms with Crippen LogP contribution in [-0.2, 0) is 20.7 Å². The molecule has 3 heterocycles. The molecule has 1 aromatic carbocycles. The summed E-state index contributed by atoms with van der Waals surface area (Å²) < 4.78 is 12.9. The lowest BCUT2D eigenvalue weighted by Gasteiger charge is -2.57. The smallest absolute Gasteiger partial charge is 0.193 e. The third-order valence-electron chi connectivity index (χ3n) is 9.48. The highest BCUT2D eigenvalue weighted by molar-refractivity contribution is 5.97. The van der Waals surface area contributed by atoms with Crippen molar-refractivity contribution >= 4 is 16.7 Å². The van der Waals surface area contributed by atoms with E-state index in [-0.39, 0.29) is 24.4 Å². The van der Waals surface area contributed by atoms with Crippen molar-refractivity contribution in [1.82, 2.24) is 4.98 Å². The van der Waals surface area contributed by atoms with Crippen molar-refractivity contribution < 1.29 is 24.5 Å². The zero-order chi connectivity index (χ0) is 24.6. The second kappa shape index (κ2) is 8.01. The first-order valence-electron chi connectivity index (χ1n) is 13.2. The van der Waals surface area contributed by atoms with Crippen LogP contribution in [0.25, 0.3) is 10.9 Å². The van der Waals surface area contributed by atoms with E-state index in [1.807, 2.05) is 19.9 Å². The number of H-pyrrole nitrogens is 1. The predicted molar refractivity (Wildman–Crippen MR) is 133 cm³/mol. The van der Waals surface area contributed by atoms with Gasteiger partial charge < -0.3 is 24.7 Å². The number of hydrogen-bond acceptors (Lipinski definition) is 5. The highest BCUT2D eigenvalue weighted by Crippen LogP contribution is 2.68. The van der Waals surface area contributed by atoms with Gasteiger partial charge in [0.05, 0.1) is 0 Å². The quantitative estimate of drug-likeness (QED) is 0.594. The molecule has 6 unspecified atom stereocenters. The Morgan fingerprint density at radius 1 is 1.09 bits per heavy atom. The highest BCUT2D eigenvalue weighted by Gasteiger charge is 2.66. The maximum atomic E-state index is 13.0. The van der Waals surface area contributed by atoms with E-state index in [0.717, 1.165) is 24.8 Å². The molecular formula is C29H37NO5. The van der Waals surface area contributed by atoms with Crippen molar-refractivity contribution in [2.75, 3.05) is 13.2 Å². The topological polar surface area (TPSA) is 91.8 Å². The van der Waals surface area contributed by atoms with Gasteiger partial charge in [-0.05, 0) is 86.5 Å². The molecular weight excluding hydrogens is 442 g/mol. The van der Waals surface area contributed by atoms with Gasteiger partial charge in [-0.3, -0.25) is 4.79 Å². The van der Waals surface area contributed by atoms with E-state index in [1.165, 1.54) is 35.0 Å². The number of nitrogens with one attached hydrogen (secondary N) is 1. The molecule has 2 saturated carbocycles. The monoisotopic (exact) mass is 479 g/mol. The van der Waals surface area contributed by atoms with Gasteiger partial charge in [-0.1, -0.05) is 25.1 Å². The van der Waals surface area contributed by atoms with Gasteiger partial charge in [0.15, 0.2) is 17.7 Å². The number of benzene rings is 1. The molecule has 6 nitrogen and oxygen atoms in total. The fraction of sp³-hybridized carbons (Fsp3) is 0.621. The normalized spacial score (nSPS) is 38.1. The first kappa shape index (κ1) is 23.4. The van der Waals surface area contributed by atoms with E-state index < -0.39 is 17.5 Å². The first-order chi connectivity index (χ1) is 16.7. The van der Waals surface area contributed by atoms with Crippen LogP contribution in [0, 0.1) is 17.3 Å². The van der Waals surface area contributed by atoms with E-state index in [2.05, 4.69) is 36.2 Å². The van der Waals surface area contributed by atoms with Crippen LogP contribution < -0.4 is 0 Å². The third kappa shape index (κ3) is 3.26. The minimum Gasteiger partial charge on any atom is -0.396 e. The molecule has 6 atom stereocenters. The van der Waals surface area contributed by atoms with Crippen molar-refractivity contribution in [2.45, 2.75) is 82.7 Å². The minimum atomic E-state index is -0.680. The number of fused-ring (bicyclic) bond motifs is 9. The van der Waals surface area contributed by atoms with Crippen LogP contribution in [0.1, 0.15) is 70.1 Å². The Kier molecular flexibility index (Phi) is 5.35. The van der Waals surface area contributed by atoms with Crippen molar-refractivity contribution in [3.8, 4) is 0 Å². The Balaban J connectivity index is 0.000000419. The SMILES string of the molecule is CC1(C)OC23CCC4(C)C(CCC5Cc6c([nH]c7ccccc67)C54)C2=CC(=O)C1O3.OCCCO. The number of para-hydroxylation sites is 1. The third-order valence-corrected chi connectivity index (χ3v) is 9.48. The average Bonchev–Trinajstić information content (AvgIpc) is 3.43. The highest BCUT2D eigenvalue weighted by atomic mass is 16.8. The van der Waals surface area contributed by atoms with Crippen LogP contribution in [-0.4, -0.2) is 51.7 Å². The van der Waals surface area contributed by atoms with Crippen molar-refractivity contribution in [2.24, 2.45) is 17.3 Å². The fourth-order valence-corrected chi connectivity index (χ4v) is 8.05. The van der Waals surface area contributed by atoms with Gasteiger partial charge >= 0.3 is 0 Å². The molecule has 1 spiro atoms. The minimum absolute atomic E-state index is 0.0900. The second-order valence-corrected chi connectivity index (χ2v) is 11.9. The number of aliphatic hydroxyl groups is 2. The second-order valence-electron chi connectivity index (χ2n) is 11.9. The Morgan fingerprint density at radius 2 is 1.86 bits per heavy atom. The maximum absolute atomic E-state index is 13.0. The van der Waals surface area contributed by atoms with Gasteiger partial charge in [-0.25, -0.2) is 0 Å². The lowest BCUT2D eigenvalue weighted by atomic mass is 9.50. The van der Waals surface area contributed by atoms with Gasteiger partial charge in [-0.15, -0.1) is 0 Å². The summed E-state index contributed by atoms with van der Waals surface area (Å²) in [6.07, 6.45) is 7.38. The summed E-state index contributed by atoms with van der Waals surface area (Å²) in [5.74, 6) is 0.955. The molecule has 35 heavy (non-hydrogen) atoms. The van der Waals surface area contributed by atoms with Gasteiger partial charge in [0, 0.05) is 42.1 Å². The maximum Gasteiger partial charge on any atom is 0.193 e. The molecule has 2 aromatic rings. The summed E-state index contributed by atoms with van der Waals surface area (Å²) in [5, 5.41) is 17.2. The number of rotatable bonds is 2. The van der Waals surface area contributed by atoms with E-state index in [0.29, 0.717) is 24.2 Å². The molecule has 0 amide bonds. The van der Waals surface area contributed by atoms with E-state index in [4.69, 9.17) is 19.7 Å². The molecule has 5 aliphatic rings. The van der Waals surface area contributed by atoms with Crippen LogP contribution in [0.15, 0.2) is 35.9 Å². The van der Waals surface area contributed by atoms with Crippen LogP contribution in [0.5, 0.6) is 0 Å². The van der Waals surface area contributed by atoms with E-state index in [1.54, 1.807) is 0 Å². The summed E-state index contributed by atoms with van der Waals surface area (Å²) >= 11 is 0. The van der Waals surface area contributed by atoms with Crippen molar-refractivity contribution in [3.05, 3.63) is 47.2 Å². The largest absolute Gasteiger partial charge is 0.396 e. The lowest BCUT2D eigenvalue weighted by Crippen LogP contribution is -2.54. The van der Waals surface area contributed by atoms with Crippen LogP contribution >= 0.6 is 0 Å². The number of ketones is 1. The molecule has 6 heteroatoms. The van der Waals surface area contributed by atoms with Crippen molar-refractivity contribution in [3.63, 3.8) is 0 Å². The molecule has 3 N–H and O–H groups in total. The van der Waals surface area contributed by atoms with E-state index in [9.17, 15) is 4.79 Å². The molecule has 2 aliphatic heterocycles. The average molecular weight is 480 g/mol. The molecule has 0 radical (unpaired) electrons. The zero-order valence-electron chi connectivity index (χ0n) is 21.0. The number of ether oxygens (including phenoxy) is 2. The van der Waals surface area contributed by atoms with Crippen LogP contribution in [0.3, 0.4) is 0 Å². The Hall–Kier alpha value is -1.99. The first-order valence-corrected chi connectivity index (χ1v) is 13.2. The Bertz CT molecular complexity index is 1190. The molecule has 1 aromatic heterocycles. The number of carbonyl (C=O) groups is 1. The summed E-state index contributed by atoms with van der Waals surface area (Å²) in [6, 6.07) is 8.74. The number of aliphatic hydroxyl groups excluding tert-OH is 2.